The van der Waals surface area contributed by atoms with Gasteiger partial charge in [-0.15, -0.1) is 0 Å². The van der Waals surface area contributed by atoms with Crippen LogP contribution in [0.4, 0.5) is 4.39 Å². The molecule has 7 heteroatoms. The van der Waals surface area contributed by atoms with Gasteiger partial charge in [-0.3, -0.25) is 4.79 Å². The molecule has 0 saturated heterocycles. The minimum Gasteiger partial charge on any atom is -0.330 e. The molecule has 3 atom stereocenters. The number of fused-ring (bicyclic) bond motifs is 1. The van der Waals surface area contributed by atoms with Gasteiger partial charge in [0.05, 0.1) is 18.5 Å². The molecule has 1 aliphatic rings. The average Bonchev–Trinajstić information content (AvgIpc) is 2.69. The Morgan fingerprint density at radius 3 is 2.61 bits per heavy atom. The van der Waals surface area contributed by atoms with Crippen LogP contribution in [-0.2, 0) is 33.0 Å². The van der Waals surface area contributed by atoms with Crippen molar-refractivity contribution in [2.24, 2.45) is 0 Å². The molecular weight excluding hydrogens is 501 g/mol. The van der Waals surface area contributed by atoms with Crippen molar-refractivity contribution in [3.63, 3.8) is 0 Å². The van der Waals surface area contributed by atoms with Gasteiger partial charge >= 0.3 is 0 Å². The van der Waals surface area contributed by atoms with E-state index in [1.165, 1.54) is 11.6 Å². The van der Waals surface area contributed by atoms with Gasteiger partial charge in [-0.05, 0) is 63.4 Å². The number of hydrogen-bond donors (Lipinski definition) is 0. The van der Waals surface area contributed by atoms with Crippen molar-refractivity contribution in [3.8, 4) is 0 Å². The number of amides is 1. The van der Waals surface area contributed by atoms with Gasteiger partial charge in [0.25, 0.3) is 0 Å². The fraction of sp³-hybridized carbons (Fsp3) is 0.458. The van der Waals surface area contributed by atoms with Crippen LogP contribution in [0.3, 0.4) is 0 Å². The van der Waals surface area contributed by atoms with E-state index >= 15 is 0 Å². The number of rotatable bonds is 5. The molecule has 0 radical (unpaired) electrons. The molecule has 31 heavy (non-hydrogen) atoms. The van der Waals surface area contributed by atoms with Crippen LogP contribution in [0.2, 0.25) is 5.02 Å². The van der Waals surface area contributed by atoms with E-state index in [1.807, 2.05) is 24.0 Å². The second-order valence-corrected chi connectivity index (χ2v) is 12.5. The summed E-state index contributed by atoms with van der Waals surface area (Å²) in [7, 11) is 0. The smallest absolute Gasteiger partial charge is 0.228 e. The third-order valence-corrected chi connectivity index (χ3v) is 9.14. The van der Waals surface area contributed by atoms with E-state index < -0.39 is 5.82 Å². The highest BCUT2D eigenvalue weighted by Gasteiger charge is 2.39. The molecule has 0 saturated carbocycles. The molecule has 0 spiro atoms. The lowest BCUT2D eigenvalue weighted by molar-refractivity contribution is -0.136. The van der Waals surface area contributed by atoms with Gasteiger partial charge in [0.15, 0.2) is 4.75 Å². The standard InChI is InChI=1S/C24H29BrClFNO2S/c1-15-17-8-6-9-20(25)18(17)12-16(14-30-31(5)24(2,3)4)28(15)23(29)13-19-21(26)10-7-11-22(19)27/h6-11,15-16H,12-14H2,1-5H3/q+1/t15-,16+,31?/m0/s1. The summed E-state index contributed by atoms with van der Waals surface area (Å²) in [4.78, 5) is 15.3. The highest BCUT2D eigenvalue weighted by molar-refractivity contribution is 9.10. The zero-order chi connectivity index (χ0) is 22.9. The number of halogens is 3. The van der Waals surface area contributed by atoms with E-state index in [1.54, 1.807) is 12.1 Å². The SMILES string of the molecule is C[C@H]1c2cccc(Br)c2C[C@H](CO[S+](C)C(C)(C)C)N1C(=O)Cc1c(F)cccc1Cl. The van der Waals surface area contributed by atoms with Crippen LogP contribution >= 0.6 is 27.5 Å². The van der Waals surface area contributed by atoms with Crippen molar-refractivity contribution < 1.29 is 13.4 Å². The molecule has 1 heterocycles. The Morgan fingerprint density at radius 1 is 1.29 bits per heavy atom. The summed E-state index contributed by atoms with van der Waals surface area (Å²) in [6.07, 6.45) is 2.69. The van der Waals surface area contributed by atoms with Crippen molar-refractivity contribution in [2.75, 3.05) is 12.9 Å². The second kappa shape index (κ2) is 9.82. The quantitative estimate of drug-likeness (QED) is 0.427. The van der Waals surface area contributed by atoms with Crippen molar-refractivity contribution >= 4 is 44.6 Å². The Balaban J connectivity index is 1.92. The summed E-state index contributed by atoms with van der Waals surface area (Å²) in [5.41, 5.74) is 2.54. The number of carbonyl (C=O) groups excluding carboxylic acids is 1. The third-order valence-electron chi connectivity index (χ3n) is 5.83. The van der Waals surface area contributed by atoms with Crippen LogP contribution < -0.4 is 0 Å². The van der Waals surface area contributed by atoms with E-state index in [2.05, 4.69) is 49.0 Å². The lowest BCUT2D eigenvalue weighted by Crippen LogP contribution is -2.50. The van der Waals surface area contributed by atoms with Crippen molar-refractivity contribution in [1.82, 2.24) is 4.90 Å². The van der Waals surface area contributed by atoms with Crippen LogP contribution in [0.1, 0.15) is 50.4 Å². The zero-order valence-corrected chi connectivity index (χ0v) is 21.7. The summed E-state index contributed by atoms with van der Waals surface area (Å²) < 4.78 is 21.7. The van der Waals surface area contributed by atoms with Gasteiger partial charge in [-0.1, -0.05) is 45.7 Å². The summed E-state index contributed by atoms with van der Waals surface area (Å²) in [6, 6.07) is 10.3. The minimum atomic E-state index is -0.454. The van der Waals surface area contributed by atoms with E-state index in [0.29, 0.717) is 13.0 Å². The van der Waals surface area contributed by atoms with Gasteiger partial charge < -0.3 is 4.90 Å². The predicted molar refractivity (Wildman–Crippen MR) is 131 cm³/mol. The Bertz CT molecular complexity index is 945. The Morgan fingerprint density at radius 2 is 1.97 bits per heavy atom. The molecule has 3 rings (SSSR count). The van der Waals surface area contributed by atoms with Gasteiger partial charge in [0.1, 0.15) is 29.9 Å². The number of hydrogen-bond acceptors (Lipinski definition) is 2. The van der Waals surface area contributed by atoms with Crippen LogP contribution in [0.15, 0.2) is 40.9 Å². The molecule has 0 bridgehead atoms. The topological polar surface area (TPSA) is 29.5 Å². The first kappa shape index (κ1) is 24.6. The predicted octanol–water partition coefficient (Wildman–Crippen LogP) is 6.28. The van der Waals surface area contributed by atoms with Gasteiger partial charge in [-0.2, -0.15) is 4.18 Å². The molecule has 2 aromatic carbocycles. The summed E-state index contributed by atoms with van der Waals surface area (Å²) in [5, 5.41) is 0.275. The molecule has 1 aliphatic heterocycles. The normalized spacial score (nSPS) is 19.8. The fourth-order valence-electron chi connectivity index (χ4n) is 3.84. The molecule has 0 aliphatic carbocycles. The van der Waals surface area contributed by atoms with Gasteiger partial charge in [0, 0.05) is 15.1 Å². The highest BCUT2D eigenvalue weighted by Crippen LogP contribution is 2.38. The third kappa shape index (κ3) is 5.47. The molecule has 0 aromatic heterocycles. The van der Waals surface area contributed by atoms with Crippen LogP contribution in [0.5, 0.6) is 0 Å². The molecule has 0 fully saturated rings. The number of benzene rings is 2. The maximum Gasteiger partial charge on any atom is 0.228 e. The molecule has 1 unspecified atom stereocenters. The number of nitrogens with zero attached hydrogens (tertiary/aromatic N) is 1. The van der Waals surface area contributed by atoms with Crippen LogP contribution in [0.25, 0.3) is 0 Å². The largest absolute Gasteiger partial charge is 0.330 e. The Labute approximate surface area is 201 Å². The maximum absolute atomic E-state index is 14.4. The zero-order valence-electron chi connectivity index (χ0n) is 18.5. The maximum atomic E-state index is 14.4. The van der Waals surface area contributed by atoms with Crippen LogP contribution in [0, 0.1) is 5.82 Å². The second-order valence-electron chi connectivity index (χ2n) is 8.87. The molecule has 168 valence electrons. The van der Waals surface area contributed by atoms with E-state index in [9.17, 15) is 9.18 Å². The minimum absolute atomic E-state index is 0.0221. The molecule has 2 aromatic rings. The van der Waals surface area contributed by atoms with E-state index in [-0.39, 0.29) is 50.9 Å². The van der Waals surface area contributed by atoms with Gasteiger partial charge in [-0.25, -0.2) is 4.39 Å². The van der Waals surface area contributed by atoms with E-state index in [0.717, 1.165) is 10.0 Å². The fourth-order valence-corrected chi connectivity index (χ4v) is 5.33. The highest BCUT2D eigenvalue weighted by atomic mass is 79.9. The first-order valence-corrected chi connectivity index (χ1v) is 13.0. The molecule has 0 N–H and O–H groups in total. The van der Waals surface area contributed by atoms with Crippen molar-refractivity contribution in [1.29, 1.82) is 0 Å². The molecular formula is C24H29BrClFNO2S+. The summed E-state index contributed by atoms with van der Waals surface area (Å²) in [6.45, 7) is 8.89. The first-order valence-electron chi connectivity index (χ1n) is 10.3. The Kier molecular flexibility index (Phi) is 7.78. The van der Waals surface area contributed by atoms with E-state index in [4.69, 9.17) is 15.8 Å². The number of carbonyl (C=O) groups is 1. The Hall–Kier alpha value is -1.08. The lowest BCUT2D eigenvalue weighted by Gasteiger charge is -2.42. The summed E-state index contributed by atoms with van der Waals surface area (Å²) >= 11 is 9.60. The first-order chi connectivity index (χ1) is 14.5. The van der Waals surface area contributed by atoms with Gasteiger partial charge in [0.2, 0.25) is 5.91 Å². The summed E-state index contributed by atoms with van der Waals surface area (Å²) in [5.74, 6) is -0.602. The average molecular weight is 530 g/mol. The van der Waals surface area contributed by atoms with Crippen LogP contribution in [-0.4, -0.2) is 34.5 Å². The molecule has 1 amide bonds. The van der Waals surface area contributed by atoms with Crippen molar-refractivity contribution in [3.05, 3.63) is 68.4 Å². The molecule has 3 nitrogen and oxygen atoms in total. The monoisotopic (exact) mass is 528 g/mol. The lowest BCUT2D eigenvalue weighted by atomic mass is 9.88. The van der Waals surface area contributed by atoms with Crippen molar-refractivity contribution in [2.45, 2.75) is 57.4 Å².